The van der Waals surface area contributed by atoms with Gasteiger partial charge in [-0.1, -0.05) is 0 Å². The van der Waals surface area contributed by atoms with Gasteiger partial charge in [-0.25, -0.2) is 22.9 Å². The van der Waals surface area contributed by atoms with Crippen molar-refractivity contribution in [3.63, 3.8) is 0 Å². The van der Waals surface area contributed by atoms with E-state index in [0.29, 0.717) is 5.69 Å². The molecule has 0 aliphatic carbocycles. The summed E-state index contributed by atoms with van der Waals surface area (Å²) in [6.07, 6.45) is -0.245. The molecule has 2 N–H and O–H groups in total. The van der Waals surface area contributed by atoms with Crippen molar-refractivity contribution in [3.8, 4) is 11.3 Å². The molecule has 0 bridgehead atoms. The number of nitrogens with zero attached hydrogens (tertiary/aromatic N) is 3. The second kappa shape index (κ2) is 8.50. The number of imidazole rings is 1. The molecule has 1 aliphatic heterocycles. The van der Waals surface area contributed by atoms with Crippen molar-refractivity contribution < 1.29 is 32.6 Å². The van der Waals surface area contributed by atoms with Crippen LogP contribution in [0.1, 0.15) is 16.1 Å². The Kier molecular flexibility index (Phi) is 5.74. The molecular weight excluding hydrogens is 429 g/mol. The van der Waals surface area contributed by atoms with Gasteiger partial charge in [-0.2, -0.15) is 0 Å². The highest BCUT2D eigenvalue weighted by Crippen LogP contribution is 2.32. The number of morpholine rings is 1. The average Bonchev–Trinajstić information content (AvgIpc) is 3.09. The molecule has 1 aliphatic rings. The number of rotatable bonds is 4. The van der Waals surface area contributed by atoms with Gasteiger partial charge < -0.3 is 24.5 Å². The molecule has 1 aromatic carbocycles. The van der Waals surface area contributed by atoms with Crippen LogP contribution in [0, 0.1) is 17.5 Å². The molecule has 3 heterocycles. The molecule has 0 spiro atoms. The van der Waals surface area contributed by atoms with E-state index in [9.17, 15) is 27.9 Å². The van der Waals surface area contributed by atoms with E-state index in [-0.39, 0.29) is 43.0 Å². The SMILES string of the molecule is CNC(=O)c1cc(F)c(-c2nc3cc(F)ccn3c2CC2CN(C(=O)O)CCO2)c(F)c1. The van der Waals surface area contributed by atoms with Gasteiger partial charge >= 0.3 is 6.09 Å². The number of hydrogen-bond acceptors (Lipinski definition) is 4. The first-order valence-electron chi connectivity index (χ1n) is 9.76. The first kappa shape index (κ1) is 21.6. The molecule has 0 saturated carbocycles. The quantitative estimate of drug-likeness (QED) is 0.640. The molecule has 32 heavy (non-hydrogen) atoms. The molecule has 4 rings (SSSR count). The van der Waals surface area contributed by atoms with Gasteiger partial charge in [0, 0.05) is 37.8 Å². The van der Waals surface area contributed by atoms with Crippen LogP contribution in [0.3, 0.4) is 0 Å². The lowest BCUT2D eigenvalue weighted by Gasteiger charge is -2.31. The maximum absolute atomic E-state index is 15.0. The number of pyridine rings is 1. The summed E-state index contributed by atoms with van der Waals surface area (Å²) in [5, 5.41) is 11.6. The smallest absolute Gasteiger partial charge is 0.407 e. The molecule has 1 atom stereocenters. The van der Waals surface area contributed by atoms with Crippen molar-refractivity contribution >= 4 is 17.6 Å². The normalized spacial score (nSPS) is 16.4. The summed E-state index contributed by atoms with van der Waals surface area (Å²) in [5.74, 6) is -3.26. The van der Waals surface area contributed by atoms with E-state index >= 15 is 0 Å². The molecule has 2 amide bonds. The van der Waals surface area contributed by atoms with Gasteiger partial charge in [0.15, 0.2) is 0 Å². The van der Waals surface area contributed by atoms with Crippen LogP contribution in [-0.4, -0.2) is 64.2 Å². The van der Waals surface area contributed by atoms with Gasteiger partial charge in [-0.15, -0.1) is 0 Å². The molecule has 11 heteroatoms. The van der Waals surface area contributed by atoms with Crippen molar-refractivity contribution in [2.75, 3.05) is 26.7 Å². The third-order valence-electron chi connectivity index (χ3n) is 5.29. The summed E-state index contributed by atoms with van der Waals surface area (Å²) in [4.78, 5) is 28.5. The highest BCUT2D eigenvalue weighted by molar-refractivity contribution is 5.94. The van der Waals surface area contributed by atoms with Gasteiger partial charge in [0.25, 0.3) is 5.91 Å². The lowest BCUT2D eigenvalue weighted by molar-refractivity contribution is -0.0214. The molecular formula is C21H19F3N4O4. The number of fused-ring (bicyclic) bond motifs is 1. The molecule has 0 radical (unpaired) electrons. The summed E-state index contributed by atoms with van der Waals surface area (Å²) in [5.41, 5.74) is -0.305. The van der Waals surface area contributed by atoms with Gasteiger partial charge in [0.2, 0.25) is 0 Å². The molecule has 168 valence electrons. The molecule has 2 aromatic heterocycles. The number of amides is 2. The van der Waals surface area contributed by atoms with Crippen LogP contribution in [-0.2, 0) is 11.2 Å². The highest BCUT2D eigenvalue weighted by atomic mass is 19.1. The first-order valence-corrected chi connectivity index (χ1v) is 9.76. The molecule has 1 saturated heterocycles. The number of ether oxygens (including phenoxy) is 1. The average molecular weight is 448 g/mol. The standard InChI is InChI=1S/C21H19F3N4O4/c1-25-20(29)11-6-14(23)18(15(24)7-11)19-16(28-3-2-12(22)8-17(28)26-19)9-13-10-27(21(30)31)4-5-32-13/h2-3,6-8,13H,4-5,9-10H2,1H3,(H,25,29)(H,30,31). The number of halogens is 3. The Hall–Kier alpha value is -3.60. The van der Waals surface area contributed by atoms with E-state index in [1.807, 2.05) is 0 Å². The zero-order valence-electron chi connectivity index (χ0n) is 16.9. The molecule has 1 unspecified atom stereocenters. The van der Waals surface area contributed by atoms with E-state index in [2.05, 4.69) is 10.3 Å². The summed E-state index contributed by atoms with van der Waals surface area (Å²) < 4.78 is 50.8. The van der Waals surface area contributed by atoms with Crippen LogP contribution < -0.4 is 5.32 Å². The lowest BCUT2D eigenvalue weighted by Crippen LogP contribution is -2.45. The van der Waals surface area contributed by atoms with Gasteiger partial charge in [0.05, 0.1) is 36.2 Å². The van der Waals surface area contributed by atoms with E-state index < -0.39 is 41.1 Å². The molecule has 3 aromatic rings. The van der Waals surface area contributed by atoms with Crippen LogP contribution in [0.5, 0.6) is 0 Å². The summed E-state index contributed by atoms with van der Waals surface area (Å²) in [6.45, 7) is 0.437. The van der Waals surface area contributed by atoms with Crippen molar-refractivity contribution in [1.29, 1.82) is 0 Å². The maximum atomic E-state index is 15.0. The van der Waals surface area contributed by atoms with Gasteiger partial charge in [-0.05, 0) is 18.2 Å². The van der Waals surface area contributed by atoms with Crippen molar-refractivity contribution in [1.82, 2.24) is 19.6 Å². The fourth-order valence-electron chi connectivity index (χ4n) is 3.77. The van der Waals surface area contributed by atoms with Crippen molar-refractivity contribution in [2.24, 2.45) is 0 Å². The Labute approximate surface area is 180 Å². The van der Waals surface area contributed by atoms with Crippen LogP contribution >= 0.6 is 0 Å². The molecule has 8 nitrogen and oxygen atoms in total. The fraction of sp³-hybridized carbons (Fsp3) is 0.286. The van der Waals surface area contributed by atoms with Gasteiger partial charge in [0.1, 0.15) is 23.1 Å². The second-order valence-corrected chi connectivity index (χ2v) is 7.30. The number of carbonyl (C=O) groups excluding carboxylic acids is 1. The van der Waals surface area contributed by atoms with Crippen molar-refractivity contribution in [3.05, 3.63) is 59.2 Å². The maximum Gasteiger partial charge on any atom is 0.407 e. The van der Waals surface area contributed by atoms with Crippen LogP contribution in [0.4, 0.5) is 18.0 Å². The number of aromatic nitrogens is 2. The topological polar surface area (TPSA) is 96.2 Å². The third kappa shape index (κ3) is 3.98. The zero-order chi connectivity index (χ0) is 23.0. The Morgan fingerprint density at radius 1 is 1.25 bits per heavy atom. The highest BCUT2D eigenvalue weighted by Gasteiger charge is 2.29. The fourth-order valence-corrected chi connectivity index (χ4v) is 3.77. The van der Waals surface area contributed by atoms with Crippen molar-refractivity contribution in [2.45, 2.75) is 12.5 Å². The second-order valence-electron chi connectivity index (χ2n) is 7.30. The first-order chi connectivity index (χ1) is 15.3. The van der Waals surface area contributed by atoms with E-state index in [1.165, 1.54) is 28.6 Å². The van der Waals surface area contributed by atoms with Crippen LogP contribution in [0.2, 0.25) is 0 Å². The van der Waals surface area contributed by atoms with Gasteiger partial charge in [-0.3, -0.25) is 4.79 Å². The van der Waals surface area contributed by atoms with E-state index in [0.717, 1.165) is 18.2 Å². The Morgan fingerprint density at radius 3 is 2.62 bits per heavy atom. The Morgan fingerprint density at radius 2 is 1.97 bits per heavy atom. The lowest BCUT2D eigenvalue weighted by atomic mass is 10.0. The monoisotopic (exact) mass is 448 g/mol. The summed E-state index contributed by atoms with van der Waals surface area (Å²) in [7, 11) is 1.34. The minimum atomic E-state index is -1.10. The predicted octanol–water partition coefficient (Wildman–Crippen LogP) is 2.70. The zero-order valence-corrected chi connectivity index (χ0v) is 16.9. The number of hydrogen-bond donors (Lipinski definition) is 2. The minimum absolute atomic E-state index is 0.0593. The third-order valence-corrected chi connectivity index (χ3v) is 5.29. The van der Waals surface area contributed by atoms with E-state index in [1.54, 1.807) is 0 Å². The van der Waals surface area contributed by atoms with Crippen LogP contribution in [0.25, 0.3) is 16.9 Å². The molecule has 1 fully saturated rings. The number of nitrogens with one attached hydrogen (secondary N) is 1. The van der Waals surface area contributed by atoms with Crippen LogP contribution in [0.15, 0.2) is 30.5 Å². The largest absolute Gasteiger partial charge is 0.465 e. The number of benzene rings is 1. The summed E-state index contributed by atoms with van der Waals surface area (Å²) in [6, 6.07) is 4.09. The minimum Gasteiger partial charge on any atom is -0.465 e. The Bertz CT molecular complexity index is 1190. The number of carboxylic acid groups (broad SMARTS) is 1. The predicted molar refractivity (Wildman–Crippen MR) is 107 cm³/mol. The van der Waals surface area contributed by atoms with E-state index in [4.69, 9.17) is 4.74 Å². The number of carbonyl (C=O) groups is 2. The Balaban J connectivity index is 1.82. The summed E-state index contributed by atoms with van der Waals surface area (Å²) >= 11 is 0.